The van der Waals surface area contributed by atoms with Gasteiger partial charge in [-0.25, -0.2) is 0 Å². The van der Waals surface area contributed by atoms with Gasteiger partial charge in [0.05, 0.1) is 11.7 Å². The molecule has 4 heteroatoms. The smallest absolute Gasteiger partial charge is 0.256 e. The summed E-state index contributed by atoms with van der Waals surface area (Å²) in [6.07, 6.45) is 1.27. The van der Waals surface area contributed by atoms with Crippen LogP contribution in [0.3, 0.4) is 0 Å². The lowest BCUT2D eigenvalue weighted by molar-refractivity contribution is 0.0474. The maximum absolute atomic E-state index is 12.5. The second-order valence-electron chi connectivity index (χ2n) is 5.39. The zero-order valence-electron chi connectivity index (χ0n) is 11.6. The number of hydrogen-bond donors (Lipinski definition) is 2. The molecule has 0 aromatic heterocycles. The maximum Gasteiger partial charge on any atom is 0.256 e. The van der Waals surface area contributed by atoms with E-state index in [1.807, 2.05) is 38.1 Å². The van der Waals surface area contributed by atoms with E-state index in [1.54, 1.807) is 4.90 Å². The normalized spacial score (nSPS) is 19.6. The highest BCUT2D eigenvalue weighted by atomic mass is 16.3. The quantitative estimate of drug-likeness (QED) is 0.877. The third-order valence-electron chi connectivity index (χ3n) is 3.29. The molecule has 1 aliphatic heterocycles. The van der Waals surface area contributed by atoms with Gasteiger partial charge in [-0.3, -0.25) is 4.79 Å². The van der Waals surface area contributed by atoms with Gasteiger partial charge in [-0.2, -0.15) is 0 Å². The van der Waals surface area contributed by atoms with E-state index < -0.39 is 0 Å². The first kappa shape index (κ1) is 13.9. The largest absolute Gasteiger partial charge is 0.391 e. The van der Waals surface area contributed by atoms with E-state index in [2.05, 4.69) is 5.32 Å². The van der Waals surface area contributed by atoms with E-state index in [0.717, 1.165) is 25.1 Å². The summed E-state index contributed by atoms with van der Waals surface area (Å²) in [6.45, 7) is 5.26. The lowest BCUT2D eigenvalue weighted by atomic mass is 10.1. The minimum Gasteiger partial charge on any atom is -0.391 e. The fraction of sp³-hybridized carbons (Fsp3) is 0.533. The lowest BCUT2D eigenvalue weighted by Gasteiger charge is -2.30. The van der Waals surface area contributed by atoms with Crippen molar-refractivity contribution in [3.05, 3.63) is 29.8 Å². The fourth-order valence-corrected chi connectivity index (χ4v) is 2.42. The average Bonchev–Trinajstić information content (AvgIpc) is 2.38. The summed E-state index contributed by atoms with van der Waals surface area (Å²) >= 11 is 0. The van der Waals surface area contributed by atoms with Gasteiger partial charge >= 0.3 is 0 Å². The molecule has 1 saturated heterocycles. The zero-order chi connectivity index (χ0) is 13.8. The number of likely N-dealkylation sites (tertiary alicyclic amines) is 1. The van der Waals surface area contributed by atoms with Crippen LogP contribution in [0.1, 0.15) is 37.0 Å². The Morgan fingerprint density at radius 3 is 2.84 bits per heavy atom. The van der Waals surface area contributed by atoms with E-state index in [0.29, 0.717) is 12.1 Å². The first-order valence-electron chi connectivity index (χ1n) is 6.91. The molecule has 0 saturated carbocycles. The molecular formula is C15H22N2O2. The van der Waals surface area contributed by atoms with Crippen LogP contribution in [0.4, 0.5) is 5.69 Å². The number of para-hydroxylation sites is 1. The average molecular weight is 262 g/mol. The molecule has 2 N–H and O–H groups in total. The molecule has 1 fully saturated rings. The zero-order valence-corrected chi connectivity index (χ0v) is 11.6. The Hall–Kier alpha value is -1.55. The molecule has 1 aromatic rings. The number of piperidine rings is 1. The summed E-state index contributed by atoms with van der Waals surface area (Å²) in [5.74, 6) is 0.00231. The molecule has 0 spiro atoms. The maximum atomic E-state index is 12.5. The van der Waals surface area contributed by atoms with Gasteiger partial charge in [-0.1, -0.05) is 12.1 Å². The number of carbonyl (C=O) groups is 1. The van der Waals surface area contributed by atoms with E-state index in [1.165, 1.54) is 0 Å². The number of aliphatic hydroxyl groups excluding tert-OH is 1. The minimum absolute atomic E-state index is 0.00231. The highest BCUT2D eigenvalue weighted by molar-refractivity contribution is 5.99. The third kappa shape index (κ3) is 3.47. The molecule has 1 atom stereocenters. The van der Waals surface area contributed by atoms with Crippen LogP contribution in [-0.4, -0.2) is 41.1 Å². The first-order valence-corrected chi connectivity index (χ1v) is 6.91. The van der Waals surface area contributed by atoms with Crippen LogP contribution in [0, 0.1) is 0 Å². The van der Waals surface area contributed by atoms with Crippen molar-refractivity contribution in [2.45, 2.75) is 38.8 Å². The fourth-order valence-electron chi connectivity index (χ4n) is 2.42. The predicted molar refractivity (Wildman–Crippen MR) is 76.3 cm³/mol. The van der Waals surface area contributed by atoms with Gasteiger partial charge in [0.15, 0.2) is 0 Å². The van der Waals surface area contributed by atoms with Gasteiger partial charge in [-0.15, -0.1) is 0 Å². The van der Waals surface area contributed by atoms with Crippen molar-refractivity contribution in [3.63, 3.8) is 0 Å². The number of rotatable bonds is 3. The number of nitrogens with zero attached hydrogens (tertiary/aromatic N) is 1. The van der Waals surface area contributed by atoms with E-state index >= 15 is 0 Å². The van der Waals surface area contributed by atoms with Crippen molar-refractivity contribution in [2.75, 3.05) is 18.4 Å². The van der Waals surface area contributed by atoms with Gasteiger partial charge in [0.2, 0.25) is 0 Å². The van der Waals surface area contributed by atoms with Crippen molar-refractivity contribution in [2.24, 2.45) is 0 Å². The van der Waals surface area contributed by atoms with Crippen LogP contribution < -0.4 is 5.32 Å². The number of aliphatic hydroxyl groups is 1. The lowest BCUT2D eigenvalue weighted by Crippen LogP contribution is -2.42. The molecule has 104 valence electrons. The van der Waals surface area contributed by atoms with Crippen LogP contribution in [0.2, 0.25) is 0 Å². The number of amides is 1. The van der Waals surface area contributed by atoms with E-state index in [-0.39, 0.29) is 18.1 Å². The van der Waals surface area contributed by atoms with Crippen molar-refractivity contribution in [3.8, 4) is 0 Å². The molecule has 0 bridgehead atoms. The standard InChI is InChI=1S/C15H22N2O2/c1-11(2)16-14-8-4-3-7-13(14)15(19)17-9-5-6-12(18)10-17/h3-4,7-8,11-12,16,18H,5-6,9-10H2,1-2H3. The van der Waals surface area contributed by atoms with Gasteiger partial charge in [-0.05, 0) is 38.8 Å². The van der Waals surface area contributed by atoms with Gasteiger partial charge in [0, 0.05) is 24.8 Å². The molecule has 19 heavy (non-hydrogen) atoms. The molecular weight excluding hydrogens is 240 g/mol. The van der Waals surface area contributed by atoms with Gasteiger partial charge < -0.3 is 15.3 Å². The van der Waals surface area contributed by atoms with Crippen molar-refractivity contribution >= 4 is 11.6 Å². The molecule has 1 heterocycles. The number of nitrogens with one attached hydrogen (secondary N) is 1. The third-order valence-corrected chi connectivity index (χ3v) is 3.29. The highest BCUT2D eigenvalue weighted by Gasteiger charge is 2.24. The van der Waals surface area contributed by atoms with Gasteiger partial charge in [0.25, 0.3) is 5.91 Å². The number of benzene rings is 1. The Kier molecular flexibility index (Phi) is 4.43. The minimum atomic E-state index is -0.386. The number of hydrogen-bond acceptors (Lipinski definition) is 3. The summed E-state index contributed by atoms with van der Waals surface area (Å²) in [5, 5.41) is 13.0. The monoisotopic (exact) mass is 262 g/mol. The SMILES string of the molecule is CC(C)Nc1ccccc1C(=O)N1CCCC(O)C1. The number of anilines is 1. The second-order valence-corrected chi connectivity index (χ2v) is 5.39. The number of carbonyl (C=O) groups excluding carboxylic acids is 1. The Bertz CT molecular complexity index is 446. The Balaban J connectivity index is 2.18. The molecule has 4 nitrogen and oxygen atoms in total. The molecule has 0 aliphatic carbocycles. The van der Waals surface area contributed by atoms with E-state index in [4.69, 9.17) is 0 Å². The first-order chi connectivity index (χ1) is 9.08. The van der Waals surface area contributed by atoms with Crippen molar-refractivity contribution in [1.29, 1.82) is 0 Å². The van der Waals surface area contributed by atoms with Crippen LogP contribution in [-0.2, 0) is 0 Å². The Morgan fingerprint density at radius 1 is 1.42 bits per heavy atom. The molecule has 2 rings (SSSR count). The van der Waals surface area contributed by atoms with Crippen LogP contribution >= 0.6 is 0 Å². The Labute approximate surface area is 114 Å². The van der Waals surface area contributed by atoms with Crippen LogP contribution in [0.5, 0.6) is 0 Å². The molecule has 1 aliphatic rings. The predicted octanol–water partition coefficient (Wildman–Crippen LogP) is 2.10. The molecule has 1 unspecified atom stereocenters. The second kappa shape index (κ2) is 6.06. The molecule has 1 amide bonds. The van der Waals surface area contributed by atoms with E-state index in [9.17, 15) is 9.90 Å². The van der Waals surface area contributed by atoms with Crippen LogP contribution in [0.25, 0.3) is 0 Å². The number of β-amino-alcohol motifs (C(OH)–C–C–N with tert-alkyl or cyclic N) is 1. The molecule has 1 aromatic carbocycles. The van der Waals surface area contributed by atoms with Gasteiger partial charge in [0.1, 0.15) is 0 Å². The van der Waals surface area contributed by atoms with Crippen molar-refractivity contribution < 1.29 is 9.90 Å². The summed E-state index contributed by atoms with van der Waals surface area (Å²) in [5.41, 5.74) is 1.55. The molecule has 0 radical (unpaired) electrons. The van der Waals surface area contributed by atoms with Crippen molar-refractivity contribution in [1.82, 2.24) is 4.90 Å². The van der Waals surface area contributed by atoms with Crippen LogP contribution in [0.15, 0.2) is 24.3 Å². The summed E-state index contributed by atoms with van der Waals surface area (Å²) in [4.78, 5) is 14.3. The topological polar surface area (TPSA) is 52.6 Å². The highest BCUT2D eigenvalue weighted by Crippen LogP contribution is 2.20. The summed E-state index contributed by atoms with van der Waals surface area (Å²) in [7, 11) is 0. The summed E-state index contributed by atoms with van der Waals surface area (Å²) < 4.78 is 0. The Morgan fingerprint density at radius 2 is 2.16 bits per heavy atom. The summed E-state index contributed by atoms with van der Waals surface area (Å²) in [6, 6.07) is 7.84.